The first-order valence-corrected chi connectivity index (χ1v) is 5.96. The van der Waals surface area contributed by atoms with E-state index in [9.17, 15) is 4.79 Å². The second-order valence-corrected chi connectivity index (χ2v) is 3.98. The summed E-state index contributed by atoms with van der Waals surface area (Å²) in [4.78, 5) is 11.2. The molecule has 0 unspecified atom stereocenters. The second kappa shape index (κ2) is 9.28. The molecule has 3 N–H and O–H groups in total. The number of hydrogen-bond acceptors (Lipinski definition) is 5. The number of methoxy groups -OCH3 is 2. The molecule has 0 spiro atoms. The lowest BCUT2D eigenvalue weighted by Crippen LogP contribution is -2.40. The Morgan fingerprint density at radius 2 is 1.70 bits per heavy atom. The minimum atomic E-state index is -0.517. The van der Waals surface area contributed by atoms with Gasteiger partial charge in [-0.25, -0.2) is 0 Å². The molecule has 0 saturated carbocycles. The van der Waals surface area contributed by atoms with Crippen molar-refractivity contribution in [3.63, 3.8) is 0 Å². The standard InChI is InChI=1S/C13H20N2O4.ClH/c1-9(14)13(16)15-4-5-19-12-7-10(17-2)6-11(8-12)18-3;/h6-9H,4-5,14H2,1-3H3,(H,15,16);1H/t9-;/m1./s1. The number of rotatable bonds is 7. The Bertz CT molecular complexity index is 405. The third-order valence-electron chi connectivity index (χ3n) is 2.41. The van der Waals surface area contributed by atoms with Crippen LogP contribution in [0.3, 0.4) is 0 Å². The fraction of sp³-hybridized carbons (Fsp3) is 0.462. The Morgan fingerprint density at radius 3 is 2.15 bits per heavy atom. The van der Waals surface area contributed by atoms with Crippen LogP contribution in [-0.2, 0) is 4.79 Å². The van der Waals surface area contributed by atoms with Gasteiger partial charge in [0, 0.05) is 18.2 Å². The molecule has 0 aliphatic carbocycles. The average molecular weight is 305 g/mol. The normalized spacial score (nSPS) is 11.0. The van der Waals surface area contributed by atoms with Crippen LogP contribution in [0.15, 0.2) is 18.2 Å². The highest BCUT2D eigenvalue weighted by molar-refractivity contribution is 5.85. The maximum Gasteiger partial charge on any atom is 0.236 e. The highest BCUT2D eigenvalue weighted by Crippen LogP contribution is 2.27. The molecule has 6 nitrogen and oxygen atoms in total. The molecule has 114 valence electrons. The SMILES string of the molecule is COc1cc(OC)cc(OCCNC(=O)[C@@H](C)N)c1.Cl. The van der Waals surface area contributed by atoms with Crippen molar-refractivity contribution < 1.29 is 19.0 Å². The lowest BCUT2D eigenvalue weighted by Gasteiger charge is -2.11. The highest BCUT2D eigenvalue weighted by Gasteiger charge is 2.06. The van der Waals surface area contributed by atoms with Gasteiger partial charge in [0.2, 0.25) is 5.91 Å². The Labute approximate surface area is 125 Å². The van der Waals surface area contributed by atoms with Gasteiger partial charge in [0.05, 0.1) is 26.8 Å². The van der Waals surface area contributed by atoms with Gasteiger partial charge in [-0.2, -0.15) is 0 Å². The summed E-state index contributed by atoms with van der Waals surface area (Å²) in [5.74, 6) is 1.71. The number of carbonyl (C=O) groups is 1. The van der Waals surface area contributed by atoms with E-state index in [1.807, 2.05) is 0 Å². The molecule has 1 atom stereocenters. The van der Waals surface area contributed by atoms with Crippen molar-refractivity contribution in [3.05, 3.63) is 18.2 Å². The maximum absolute atomic E-state index is 11.2. The van der Waals surface area contributed by atoms with E-state index in [0.29, 0.717) is 30.4 Å². The zero-order valence-corrected chi connectivity index (χ0v) is 12.7. The Kier molecular flexibility index (Phi) is 8.51. The largest absolute Gasteiger partial charge is 0.496 e. The summed E-state index contributed by atoms with van der Waals surface area (Å²) >= 11 is 0. The van der Waals surface area contributed by atoms with Gasteiger partial charge in [0.15, 0.2) is 0 Å². The molecular formula is C13H21ClN2O4. The number of amides is 1. The number of nitrogens with one attached hydrogen (secondary N) is 1. The van der Waals surface area contributed by atoms with E-state index in [1.54, 1.807) is 39.3 Å². The molecule has 20 heavy (non-hydrogen) atoms. The molecule has 0 bridgehead atoms. The van der Waals surface area contributed by atoms with Crippen LogP contribution < -0.4 is 25.3 Å². The van der Waals surface area contributed by atoms with Crippen molar-refractivity contribution >= 4 is 18.3 Å². The summed E-state index contributed by atoms with van der Waals surface area (Å²) in [5, 5.41) is 2.66. The molecule has 1 aromatic carbocycles. The minimum absolute atomic E-state index is 0. The monoisotopic (exact) mass is 304 g/mol. The van der Waals surface area contributed by atoms with E-state index in [2.05, 4.69) is 5.32 Å². The minimum Gasteiger partial charge on any atom is -0.496 e. The molecule has 0 radical (unpaired) electrons. The molecule has 0 aromatic heterocycles. The van der Waals surface area contributed by atoms with Gasteiger partial charge in [-0.15, -0.1) is 12.4 Å². The van der Waals surface area contributed by atoms with E-state index in [1.165, 1.54) is 0 Å². The van der Waals surface area contributed by atoms with Crippen molar-refractivity contribution in [1.29, 1.82) is 0 Å². The lowest BCUT2D eigenvalue weighted by atomic mass is 10.3. The van der Waals surface area contributed by atoms with Crippen LogP contribution >= 0.6 is 12.4 Å². The predicted molar refractivity (Wildman–Crippen MR) is 78.9 cm³/mol. The predicted octanol–water partition coefficient (Wildman–Crippen LogP) is 0.968. The smallest absolute Gasteiger partial charge is 0.236 e. The van der Waals surface area contributed by atoms with Gasteiger partial charge in [0.1, 0.15) is 23.9 Å². The van der Waals surface area contributed by atoms with Crippen molar-refractivity contribution in [3.8, 4) is 17.2 Å². The molecule has 1 amide bonds. The first kappa shape index (κ1) is 18.3. The van der Waals surface area contributed by atoms with Crippen molar-refractivity contribution in [2.45, 2.75) is 13.0 Å². The number of hydrogen-bond donors (Lipinski definition) is 2. The number of ether oxygens (including phenoxy) is 3. The van der Waals surface area contributed by atoms with Crippen molar-refractivity contribution in [1.82, 2.24) is 5.32 Å². The molecule has 1 aromatic rings. The van der Waals surface area contributed by atoms with Gasteiger partial charge < -0.3 is 25.3 Å². The number of benzene rings is 1. The Hall–Kier alpha value is -1.66. The van der Waals surface area contributed by atoms with E-state index in [0.717, 1.165) is 0 Å². The van der Waals surface area contributed by atoms with E-state index in [4.69, 9.17) is 19.9 Å². The van der Waals surface area contributed by atoms with Crippen LogP contribution in [0.2, 0.25) is 0 Å². The molecule has 0 heterocycles. The Balaban J connectivity index is 0.00000361. The van der Waals surface area contributed by atoms with Crippen LogP contribution in [0, 0.1) is 0 Å². The second-order valence-electron chi connectivity index (χ2n) is 3.98. The van der Waals surface area contributed by atoms with Gasteiger partial charge in [-0.1, -0.05) is 0 Å². The number of nitrogens with two attached hydrogens (primary N) is 1. The maximum atomic E-state index is 11.2. The number of carbonyl (C=O) groups excluding carboxylic acids is 1. The van der Waals surface area contributed by atoms with E-state index >= 15 is 0 Å². The van der Waals surface area contributed by atoms with Gasteiger partial charge >= 0.3 is 0 Å². The fourth-order valence-electron chi connectivity index (χ4n) is 1.37. The van der Waals surface area contributed by atoms with E-state index in [-0.39, 0.29) is 18.3 Å². The molecule has 0 aliphatic heterocycles. The van der Waals surface area contributed by atoms with Crippen LogP contribution in [0.25, 0.3) is 0 Å². The van der Waals surface area contributed by atoms with E-state index < -0.39 is 6.04 Å². The zero-order chi connectivity index (χ0) is 14.3. The summed E-state index contributed by atoms with van der Waals surface area (Å²) < 4.78 is 15.8. The van der Waals surface area contributed by atoms with Gasteiger partial charge in [-0.3, -0.25) is 4.79 Å². The molecule has 0 saturated heterocycles. The fourth-order valence-corrected chi connectivity index (χ4v) is 1.37. The quantitative estimate of drug-likeness (QED) is 0.733. The summed E-state index contributed by atoms with van der Waals surface area (Å²) in [6.45, 7) is 2.36. The van der Waals surface area contributed by atoms with Crippen LogP contribution in [-0.4, -0.2) is 39.3 Å². The highest BCUT2D eigenvalue weighted by atomic mass is 35.5. The first-order chi connectivity index (χ1) is 9.06. The third kappa shape index (κ3) is 5.99. The summed E-state index contributed by atoms with van der Waals surface area (Å²) in [6, 6.07) is 4.73. The van der Waals surface area contributed by atoms with Gasteiger partial charge in [0.25, 0.3) is 0 Å². The topological polar surface area (TPSA) is 82.8 Å². The van der Waals surface area contributed by atoms with Crippen LogP contribution in [0.4, 0.5) is 0 Å². The third-order valence-corrected chi connectivity index (χ3v) is 2.41. The molecular weight excluding hydrogens is 284 g/mol. The molecule has 0 fully saturated rings. The summed E-state index contributed by atoms with van der Waals surface area (Å²) in [6.07, 6.45) is 0. The number of halogens is 1. The first-order valence-electron chi connectivity index (χ1n) is 5.96. The Morgan fingerprint density at radius 1 is 1.20 bits per heavy atom. The van der Waals surface area contributed by atoms with Crippen molar-refractivity contribution in [2.24, 2.45) is 5.73 Å². The average Bonchev–Trinajstić information content (AvgIpc) is 2.42. The molecule has 1 rings (SSSR count). The summed E-state index contributed by atoms with van der Waals surface area (Å²) in [5.41, 5.74) is 5.42. The van der Waals surface area contributed by atoms with Crippen LogP contribution in [0.5, 0.6) is 17.2 Å². The van der Waals surface area contributed by atoms with Crippen molar-refractivity contribution in [2.75, 3.05) is 27.4 Å². The zero-order valence-electron chi connectivity index (χ0n) is 11.8. The summed E-state index contributed by atoms with van der Waals surface area (Å²) in [7, 11) is 3.14. The molecule has 7 heteroatoms. The van der Waals surface area contributed by atoms with Gasteiger partial charge in [-0.05, 0) is 6.92 Å². The molecule has 0 aliphatic rings. The van der Waals surface area contributed by atoms with Crippen LogP contribution in [0.1, 0.15) is 6.92 Å². The lowest BCUT2D eigenvalue weighted by molar-refractivity contribution is -0.122.